The molecule has 2 rings (SSSR count). The van der Waals surface area contributed by atoms with Crippen LogP contribution in [-0.4, -0.2) is 21.6 Å². The lowest BCUT2D eigenvalue weighted by atomic mass is 10.0. The molecule has 0 spiro atoms. The van der Waals surface area contributed by atoms with Crippen LogP contribution in [0.15, 0.2) is 9.52 Å². The van der Waals surface area contributed by atoms with Gasteiger partial charge in [0.05, 0.1) is 11.7 Å². The fourth-order valence-corrected chi connectivity index (χ4v) is 3.57. The van der Waals surface area contributed by atoms with Crippen LogP contribution < -0.4 is 5.32 Å². The SMILES string of the molecule is Cc1noc(C)c1C(C)N=C1NC(C)(C)CCS1. The smallest absolute Gasteiger partial charge is 0.157 e. The Bertz CT molecular complexity index is 445. The summed E-state index contributed by atoms with van der Waals surface area (Å²) in [4.78, 5) is 4.76. The highest BCUT2D eigenvalue weighted by molar-refractivity contribution is 8.13. The van der Waals surface area contributed by atoms with Gasteiger partial charge in [0.2, 0.25) is 0 Å². The Balaban J connectivity index is 2.18. The third kappa shape index (κ3) is 2.88. The normalized spacial score (nSPS) is 22.8. The monoisotopic (exact) mass is 267 g/mol. The maximum absolute atomic E-state index is 5.20. The minimum Gasteiger partial charge on any atom is -0.361 e. The third-order valence-corrected chi connectivity index (χ3v) is 4.12. The van der Waals surface area contributed by atoms with Gasteiger partial charge in [-0.1, -0.05) is 16.9 Å². The van der Waals surface area contributed by atoms with E-state index in [1.165, 1.54) is 0 Å². The van der Waals surface area contributed by atoms with Gasteiger partial charge in [-0.05, 0) is 41.0 Å². The molecule has 0 saturated carbocycles. The van der Waals surface area contributed by atoms with Crippen LogP contribution in [0.25, 0.3) is 0 Å². The van der Waals surface area contributed by atoms with Gasteiger partial charge in [0.25, 0.3) is 0 Å². The van der Waals surface area contributed by atoms with Gasteiger partial charge in [0.15, 0.2) is 5.17 Å². The first kappa shape index (κ1) is 13.5. The van der Waals surface area contributed by atoms with E-state index in [4.69, 9.17) is 9.52 Å². The average molecular weight is 267 g/mol. The van der Waals surface area contributed by atoms with E-state index in [0.717, 1.165) is 34.4 Å². The van der Waals surface area contributed by atoms with E-state index < -0.39 is 0 Å². The summed E-state index contributed by atoms with van der Waals surface area (Å²) >= 11 is 1.79. The summed E-state index contributed by atoms with van der Waals surface area (Å²) in [5, 5.41) is 8.50. The Morgan fingerprint density at radius 3 is 2.72 bits per heavy atom. The number of amidine groups is 1. The molecule has 1 aromatic rings. The van der Waals surface area contributed by atoms with Crippen LogP contribution in [0.3, 0.4) is 0 Å². The first-order valence-corrected chi connectivity index (χ1v) is 7.29. The predicted octanol–water partition coefficient (Wildman–Crippen LogP) is 3.21. The Morgan fingerprint density at radius 1 is 1.44 bits per heavy atom. The molecule has 1 saturated heterocycles. The highest BCUT2D eigenvalue weighted by Crippen LogP contribution is 2.27. The summed E-state index contributed by atoms with van der Waals surface area (Å²) in [5.41, 5.74) is 2.18. The van der Waals surface area contributed by atoms with Crippen LogP contribution in [0, 0.1) is 13.8 Å². The zero-order valence-electron chi connectivity index (χ0n) is 11.7. The quantitative estimate of drug-likeness (QED) is 0.894. The molecule has 0 aliphatic carbocycles. The molecule has 2 heterocycles. The second-order valence-electron chi connectivity index (χ2n) is 5.46. The van der Waals surface area contributed by atoms with E-state index in [2.05, 4.69) is 31.2 Å². The molecule has 0 radical (unpaired) electrons. The molecule has 1 N–H and O–H groups in total. The molecule has 1 aliphatic heterocycles. The molecular weight excluding hydrogens is 246 g/mol. The van der Waals surface area contributed by atoms with E-state index in [1.807, 2.05) is 13.8 Å². The molecule has 0 aromatic carbocycles. The fourth-order valence-electron chi connectivity index (χ4n) is 2.19. The molecule has 1 unspecified atom stereocenters. The molecule has 5 heteroatoms. The Kier molecular flexibility index (Phi) is 3.71. The maximum Gasteiger partial charge on any atom is 0.157 e. The summed E-state index contributed by atoms with van der Waals surface area (Å²) in [6.45, 7) is 10.4. The molecule has 100 valence electrons. The second-order valence-corrected chi connectivity index (χ2v) is 6.54. The summed E-state index contributed by atoms with van der Waals surface area (Å²) in [5.74, 6) is 1.98. The summed E-state index contributed by atoms with van der Waals surface area (Å²) < 4.78 is 5.20. The van der Waals surface area contributed by atoms with Crippen molar-refractivity contribution in [3.05, 3.63) is 17.0 Å². The number of hydrogen-bond acceptors (Lipinski definition) is 4. The van der Waals surface area contributed by atoms with Gasteiger partial charge >= 0.3 is 0 Å². The number of hydrogen-bond donors (Lipinski definition) is 1. The van der Waals surface area contributed by atoms with Crippen LogP contribution in [0.2, 0.25) is 0 Å². The number of rotatable bonds is 2. The molecule has 1 atom stereocenters. The summed E-state index contributed by atoms with van der Waals surface area (Å²) in [6, 6.07) is 0.0835. The van der Waals surface area contributed by atoms with Gasteiger partial charge in [-0.2, -0.15) is 0 Å². The van der Waals surface area contributed by atoms with Crippen molar-refractivity contribution < 1.29 is 4.52 Å². The second kappa shape index (κ2) is 4.96. The molecule has 0 amide bonds. The zero-order chi connectivity index (χ0) is 13.3. The minimum atomic E-state index is 0.0835. The van der Waals surface area contributed by atoms with E-state index in [0.29, 0.717) is 0 Å². The van der Waals surface area contributed by atoms with Gasteiger partial charge in [-0.3, -0.25) is 4.99 Å². The van der Waals surface area contributed by atoms with Crippen LogP contribution in [0.4, 0.5) is 0 Å². The first-order chi connectivity index (χ1) is 8.39. The lowest BCUT2D eigenvalue weighted by Gasteiger charge is -2.32. The lowest BCUT2D eigenvalue weighted by Crippen LogP contribution is -2.46. The first-order valence-electron chi connectivity index (χ1n) is 6.30. The number of nitrogens with one attached hydrogen (secondary N) is 1. The van der Waals surface area contributed by atoms with Crippen molar-refractivity contribution in [2.45, 2.75) is 52.6 Å². The van der Waals surface area contributed by atoms with Crippen molar-refractivity contribution in [3.8, 4) is 0 Å². The molecular formula is C13H21N3OS. The molecule has 18 heavy (non-hydrogen) atoms. The molecule has 1 aliphatic rings. The van der Waals surface area contributed by atoms with Crippen molar-refractivity contribution in [1.82, 2.24) is 10.5 Å². The van der Waals surface area contributed by atoms with Crippen LogP contribution in [0.5, 0.6) is 0 Å². The molecule has 1 fully saturated rings. The number of thioether (sulfide) groups is 1. The van der Waals surface area contributed by atoms with Crippen molar-refractivity contribution in [1.29, 1.82) is 0 Å². The van der Waals surface area contributed by atoms with E-state index in [-0.39, 0.29) is 11.6 Å². The average Bonchev–Trinajstić information content (AvgIpc) is 2.57. The largest absolute Gasteiger partial charge is 0.361 e. The zero-order valence-corrected chi connectivity index (χ0v) is 12.5. The summed E-state index contributed by atoms with van der Waals surface area (Å²) in [6.07, 6.45) is 1.16. The van der Waals surface area contributed by atoms with Gasteiger partial charge < -0.3 is 9.84 Å². The Morgan fingerprint density at radius 2 is 2.17 bits per heavy atom. The molecule has 0 bridgehead atoms. The van der Waals surface area contributed by atoms with Crippen LogP contribution in [0.1, 0.15) is 50.3 Å². The number of aryl methyl sites for hydroxylation is 2. The van der Waals surface area contributed by atoms with Crippen molar-refractivity contribution in [3.63, 3.8) is 0 Å². The van der Waals surface area contributed by atoms with Crippen molar-refractivity contribution in [2.75, 3.05) is 5.75 Å². The maximum atomic E-state index is 5.20. The third-order valence-electron chi connectivity index (χ3n) is 3.23. The standard InChI is InChI=1S/C13H21N3OS/c1-8(11-9(2)16-17-10(11)3)14-12-15-13(4,5)6-7-18-12/h8H,6-7H2,1-5H3,(H,14,15). The van der Waals surface area contributed by atoms with Gasteiger partial charge in [-0.15, -0.1) is 0 Å². The Hall–Kier alpha value is -0.970. The summed E-state index contributed by atoms with van der Waals surface area (Å²) in [7, 11) is 0. The lowest BCUT2D eigenvalue weighted by molar-refractivity contribution is 0.391. The number of aliphatic imine (C=N–C) groups is 1. The molecule has 4 nitrogen and oxygen atoms in total. The minimum absolute atomic E-state index is 0.0835. The predicted molar refractivity (Wildman–Crippen MR) is 76.1 cm³/mol. The fraction of sp³-hybridized carbons (Fsp3) is 0.692. The van der Waals surface area contributed by atoms with E-state index in [1.54, 1.807) is 11.8 Å². The number of nitrogens with zero attached hydrogens (tertiary/aromatic N) is 2. The van der Waals surface area contributed by atoms with Crippen LogP contribution in [-0.2, 0) is 0 Å². The molecule has 1 aromatic heterocycles. The van der Waals surface area contributed by atoms with E-state index in [9.17, 15) is 0 Å². The topological polar surface area (TPSA) is 50.4 Å². The van der Waals surface area contributed by atoms with Crippen LogP contribution >= 0.6 is 11.8 Å². The number of aromatic nitrogens is 1. The van der Waals surface area contributed by atoms with Gasteiger partial charge in [-0.25, -0.2) is 0 Å². The van der Waals surface area contributed by atoms with Gasteiger partial charge in [0, 0.05) is 16.9 Å². The highest BCUT2D eigenvalue weighted by Gasteiger charge is 2.25. The van der Waals surface area contributed by atoms with E-state index >= 15 is 0 Å². The Labute approximate surface area is 113 Å². The van der Waals surface area contributed by atoms with Crippen molar-refractivity contribution >= 4 is 16.9 Å². The van der Waals surface area contributed by atoms with Crippen molar-refractivity contribution in [2.24, 2.45) is 4.99 Å². The highest BCUT2D eigenvalue weighted by atomic mass is 32.2. The van der Waals surface area contributed by atoms with Gasteiger partial charge in [0.1, 0.15) is 5.76 Å².